The van der Waals surface area contributed by atoms with E-state index in [0.29, 0.717) is 19.1 Å². The summed E-state index contributed by atoms with van der Waals surface area (Å²) in [6, 6.07) is 0. The van der Waals surface area contributed by atoms with Gasteiger partial charge in [-0.25, -0.2) is 9.98 Å². The van der Waals surface area contributed by atoms with Crippen molar-refractivity contribution in [2.75, 3.05) is 54.5 Å². The maximum Gasteiger partial charge on any atom is 0.243 e. The Labute approximate surface area is 142 Å². The van der Waals surface area contributed by atoms with E-state index in [9.17, 15) is 4.79 Å². The standard InChI is InChI=1S/C15H27N5O2S/c1-12-10-17-13(23-12)6-8-20(4)15(16-7-9-22-5)18-11-14(21)19(2)3/h10H,6-9,11H2,1-5H3,(H,16,18). The molecule has 7 nitrogen and oxygen atoms in total. The van der Waals surface area contributed by atoms with Crippen LogP contribution >= 0.6 is 11.3 Å². The van der Waals surface area contributed by atoms with Gasteiger partial charge < -0.3 is 19.9 Å². The van der Waals surface area contributed by atoms with E-state index < -0.39 is 0 Å². The van der Waals surface area contributed by atoms with Crippen LogP contribution in [0.5, 0.6) is 0 Å². The van der Waals surface area contributed by atoms with Crippen molar-refractivity contribution < 1.29 is 9.53 Å². The van der Waals surface area contributed by atoms with Gasteiger partial charge in [-0.15, -0.1) is 11.3 Å². The number of rotatable bonds is 8. The zero-order valence-electron chi connectivity index (χ0n) is 14.6. The van der Waals surface area contributed by atoms with Gasteiger partial charge in [0.25, 0.3) is 0 Å². The number of nitrogens with one attached hydrogen (secondary N) is 1. The maximum atomic E-state index is 11.7. The molecule has 1 heterocycles. The van der Waals surface area contributed by atoms with Crippen molar-refractivity contribution in [3.63, 3.8) is 0 Å². The molecule has 0 radical (unpaired) electrons. The monoisotopic (exact) mass is 341 g/mol. The number of carbonyl (C=O) groups excluding carboxylic acids is 1. The van der Waals surface area contributed by atoms with Gasteiger partial charge in [0.2, 0.25) is 5.91 Å². The van der Waals surface area contributed by atoms with Gasteiger partial charge in [-0.1, -0.05) is 0 Å². The summed E-state index contributed by atoms with van der Waals surface area (Å²) in [5.74, 6) is 0.672. The van der Waals surface area contributed by atoms with E-state index in [1.54, 1.807) is 32.5 Å². The molecule has 1 amide bonds. The first-order chi connectivity index (χ1) is 10.9. The number of amides is 1. The van der Waals surface area contributed by atoms with Crippen LogP contribution in [0.3, 0.4) is 0 Å². The van der Waals surface area contributed by atoms with E-state index in [4.69, 9.17) is 4.74 Å². The van der Waals surface area contributed by atoms with Gasteiger partial charge >= 0.3 is 0 Å². The summed E-state index contributed by atoms with van der Waals surface area (Å²) in [6.07, 6.45) is 2.74. The molecule has 0 spiro atoms. The number of hydrogen-bond donors (Lipinski definition) is 1. The maximum absolute atomic E-state index is 11.7. The summed E-state index contributed by atoms with van der Waals surface area (Å²) in [4.78, 5) is 25.3. The van der Waals surface area contributed by atoms with E-state index in [-0.39, 0.29) is 12.5 Å². The van der Waals surface area contributed by atoms with Crippen molar-refractivity contribution in [3.8, 4) is 0 Å². The second kappa shape index (κ2) is 10.2. The normalized spacial score (nSPS) is 11.4. The Bertz CT molecular complexity index is 516. The van der Waals surface area contributed by atoms with Gasteiger partial charge in [-0.3, -0.25) is 4.79 Å². The molecule has 0 saturated carbocycles. The third-order valence-electron chi connectivity index (χ3n) is 3.14. The third-order valence-corrected chi connectivity index (χ3v) is 4.12. The second-order valence-electron chi connectivity index (χ2n) is 5.38. The SMILES string of the molecule is COCCNC(=NCC(=O)N(C)C)N(C)CCc1ncc(C)s1. The van der Waals surface area contributed by atoms with Crippen molar-refractivity contribution >= 4 is 23.2 Å². The summed E-state index contributed by atoms with van der Waals surface area (Å²) >= 11 is 1.71. The predicted octanol–water partition coefficient (Wildman–Crippen LogP) is 0.606. The van der Waals surface area contributed by atoms with Crippen molar-refractivity contribution in [2.24, 2.45) is 4.99 Å². The van der Waals surface area contributed by atoms with Gasteiger partial charge in [0.1, 0.15) is 6.54 Å². The topological polar surface area (TPSA) is 70.1 Å². The average molecular weight is 341 g/mol. The van der Waals surface area contributed by atoms with Crippen molar-refractivity contribution in [2.45, 2.75) is 13.3 Å². The highest BCUT2D eigenvalue weighted by molar-refractivity contribution is 7.11. The molecular formula is C15H27N5O2S. The number of methoxy groups -OCH3 is 1. The van der Waals surface area contributed by atoms with Crippen LogP contribution in [0.15, 0.2) is 11.2 Å². The van der Waals surface area contributed by atoms with Gasteiger partial charge in [-0.05, 0) is 6.92 Å². The van der Waals surface area contributed by atoms with Crippen LogP contribution in [0.4, 0.5) is 0 Å². The van der Waals surface area contributed by atoms with Crippen molar-refractivity contribution in [3.05, 3.63) is 16.1 Å². The first kappa shape index (κ1) is 19.4. The van der Waals surface area contributed by atoms with Gasteiger partial charge in [0, 0.05) is 58.8 Å². The van der Waals surface area contributed by atoms with E-state index in [0.717, 1.165) is 18.0 Å². The highest BCUT2D eigenvalue weighted by Gasteiger charge is 2.10. The number of likely N-dealkylation sites (N-methyl/N-ethyl adjacent to an activating group) is 2. The Morgan fingerprint density at radius 1 is 1.43 bits per heavy atom. The molecule has 0 aliphatic heterocycles. The molecule has 130 valence electrons. The third kappa shape index (κ3) is 7.43. The van der Waals surface area contributed by atoms with Gasteiger partial charge in [0.05, 0.1) is 11.6 Å². The molecule has 8 heteroatoms. The molecule has 0 saturated heterocycles. The summed E-state index contributed by atoms with van der Waals surface area (Å²) in [6.45, 7) is 4.19. The molecule has 0 aromatic carbocycles. The lowest BCUT2D eigenvalue weighted by molar-refractivity contribution is -0.127. The number of aromatic nitrogens is 1. The second-order valence-corrected chi connectivity index (χ2v) is 6.70. The van der Waals surface area contributed by atoms with Crippen LogP contribution in [0, 0.1) is 6.92 Å². The Balaban J connectivity index is 2.60. The van der Waals surface area contributed by atoms with Crippen LogP contribution in [0.2, 0.25) is 0 Å². The Hall–Kier alpha value is -1.67. The van der Waals surface area contributed by atoms with E-state index in [1.807, 2.05) is 18.1 Å². The highest BCUT2D eigenvalue weighted by atomic mass is 32.1. The van der Waals surface area contributed by atoms with Crippen molar-refractivity contribution in [1.82, 2.24) is 20.1 Å². The largest absolute Gasteiger partial charge is 0.383 e. The molecule has 0 unspecified atom stereocenters. The van der Waals surface area contributed by atoms with Gasteiger partial charge in [-0.2, -0.15) is 0 Å². The Kier molecular flexibility index (Phi) is 8.57. The Morgan fingerprint density at radius 3 is 2.74 bits per heavy atom. The predicted molar refractivity (Wildman–Crippen MR) is 94.1 cm³/mol. The molecule has 0 aliphatic carbocycles. The molecule has 0 aliphatic rings. The minimum Gasteiger partial charge on any atom is -0.383 e. The number of aryl methyl sites for hydroxylation is 1. The number of hydrogen-bond acceptors (Lipinski definition) is 5. The first-order valence-electron chi connectivity index (χ1n) is 7.54. The van der Waals surface area contributed by atoms with E-state index >= 15 is 0 Å². The number of nitrogens with zero attached hydrogens (tertiary/aromatic N) is 4. The fourth-order valence-corrected chi connectivity index (χ4v) is 2.52. The lowest BCUT2D eigenvalue weighted by Crippen LogP contribution is -2.42. The summed E-state index contributed by atoms with van der Waals surface area (Å²) in [5.41, 5.74) is 0. The number of guanidine groups is 1. The van der Waals surface area contributed by atoms with Crippen LogP contribution in [0.1, 0.15) is 9.88 Å². The van der Waals surface area contributed by atoms with Crippen LogP contribution in [-0.4, -0.2) is 81.1 Å². The first-order valence-corrected chi connectivity index (χ1v) is 8.35. The van der Waals surface area contributed by atoms with Crippen molar-refractivity contribution in [1.29, 1.82) is 0 Å². The fourth-order valence-electron chi connectivity index (χ4n) is 1.75. The minimum absolute atomic E-state index is 0.0278. The lowest BCUT2D eigenvalue weighted by atomic mass is 10.4. The van der Waals surface area contributed by atoms with Crippen LogP contribution in [0.25, 0.3) is 0 Å². The smallest absolute Gasteiger partial charge is 0.243 e. The quantitative estimate of drug-likeness (QED) is 0.426. The van der Waals surface area contributed by atoms with Crippen LogP contribution < -0.4 is 5.32 Å². The molecular weight excluding hydrogens is 314 g/mol. The summed E-state index contributed by atoms with van der Waals surface area (Å²) in [5, 5.41) is 4.33. The molecule has 1 N–H and O–H groups in total. The number of carbonyl (C=O) groups is 1. The molecule has 0 bridgehead atoms. The lowest BCUT2D eigenvalue weighted by Gasteiger charge is -2.22. The van der Waals surface area contributed by atoms with E-state index in [2.05, 4.69) is 22.2 Å². The number of thiazole rings is 1. The molecule has 1 rings (SSSR count). The van der Waals surface area contributed by atoms with Gasteiger partial charge in [0.15, 0.2) is 5.96 Å². The molecule has 1 aromatic rings. The minimum atomic E-state index is -0.0278. The zero-order chi connectivity index (χ0) is 17.2. The molecule has 1 aromatic heterocycles. The summed E-state index contributed by atoms with van der Waals surface area (Å²) < 4.78 is 5.05. The average Bonchev–Trinajstić information content (AvgIpc) is 2.93. The Morgan fingerprint density at radius 2 is 2.17 bits per heavy atom. The summed E-state index contributed by atoms with van der Waals surface area (Å²) in [7, 11) is 7.07. The molecule has 23 heavy (non-hydrogen) atoms. The zero-order valence-corrected chi connectivity index (χ0v) is 15.4. The number of aliphatic imine (C=N–C) groups is 1. The van der Waals surface area contributed by atoms with Crippen LogP contribution in [-0.2, 0) is 16.0 Å². The molecule has 0 fully saturated rings. The fraction of sp³-hybridized carbons (Fsp3) is 0.667. The highest BCUT2D eigenvalue weighted by Crippen LogP contribution is 2.11. The molecule has 0 atom stereocenters. The van der Waals surface area contributed by atoms with E-state index in [1.165, 1.54) is 9.78 Å². The number of ether oxygens (including phenoxy) is 1.